The first-order valence-electron chi connectivity index (χ1n) is 8.94. The van der Waals surface area contributed by atoms with Crippen LogP contribution < -0.4 is 21.1 Å². The zero-order valence-corrected chi connectivity index (χ0v) is 16.2. The van der Waals surface area contributed by atoms with Gasteiger partial charge in [-0.25, -0.2) is 18.2 Å². The molecule has 4 N–H and O–H groups in total. The van der Waals surface area contributed by atoms with E-state index in [4.69, 9.17) is 10.5 Å². The highest BCUT2D eigenvalue weighted by Gasteiger charge is 2.23. The number of amides is 1. The molecule has 1 saturated heterocycles. The summed E-state index contributed by atoms with van der Waals surface area (Å²) in [5.74, 6) is -3.49. The molecular weight excluding hydrogens is 419 g/mol. The molecule has 1 aliphatic rings. The van der Waals surface area contributed by atoms with Crippen LogP contribution in [-0.2, 0) is 0 Å². The lowest BCUT2D eigenvalue weighted by Gasteiger charge is -2.26. The number of nitrogen functional groups attached to an aromatic ring is 1. The van der Waals surface area contributed by atoms with Crippen LogP contribution in [0.15, 0.2) is 30.5 Å². The van der Waals surface area contributed by atoms with Gasteiger partial charge in [-0.05, 0) is 12.1 Å². The molecule has 0 aliphatic carbocycles. The molecule has 3 heterocycles. The van der Waals surface area contributed by atoms with Crippen molar-refractivity contribution >= 4 is 28.8 Å². The fraction of sp³-hybridized carbons (Fsp3) is 0.211. The molecule has 4 rings (SSSR count). The van der Waals surface area contributed by atoms with E-state index < -0.39 is 34.6 Å². The van der Waals surface area contributed by atoms with E-state index in [0.29, 0.717) is 23.3 Å². The second kappa shape index (κ2) is 8.28. The Morgan fingerprint density at radius 1 is 1.27 bits per heavy atom. The number of hydrogen-bond acceptors (Lipinski definition) is 7. The molecule has 11 heteroatoms. The fourth-order valence-electron chi connectivity index (χ4n) is 2.84. The Kier molecular flexibility index (Phi) is 5.55. The molecule has 0 spiro atoms. The number of nitrogens with two attached hydrogens (primary N) is 1. The maximum Gasteiger partial charge on any atom is 0.276 e. The molecule has 3 aromatic rings. The molecule has 30 heavy (non-hydrogen) atoms. The normalized spacial score (nSPS) is 13.7. The third-order valence-electron chi connectivity index (χ3n) is 4.52. The summed E-state index contributed by atoms with van der Waals surface area (Å²) in [6, 6.07) is 3.87. The van der Waals surface area contributed by atoms with E-state index >= 15 is 0 Å². The van der Waals surface area contributed by atoms with Crippen LogP contribution in [0.5, 0.6) is 5.06 Å². The highest BCUT2D eigenvalue weighted by atomic mass is 32.1. The van der Waals surface area contributed by atoms with Gasteiger partial charge in [0.15, 0.2) is 11.5 Å². The summed E-state index contributed by atoms with van der Waals surface area (Å²) in [6.45, 7) is 2.17. The number of hydrogen-bond donors (Lipinski definition) is 3. The Hall–Kier alpha value is -3.18. The van der Waals surface area contributed by atoms with Crippen LogP contribution in [0.1, 0.15) is 10.5 Å². The minimum Gasteiger partial charge on any atom is -0.481 e. The van der Waals surface area contributed by atoms with Crippen LogP contribution in [0, 0.1) is 23.4 Å². The maximum absolute atomic E-state index is 14.4. The number of rotatable bonds is 6. The topological polar surface area (TPSA) is 102 Å². The van der Waals surface area contributed by atoms with Crippen LogP contribution in [0.2, 0.25) is 0 Å². The van der Waals surface area contributed by atoms with Crippen LogP contribution in [0.4, 0.5) is 24.5 Å². The Labute approximate surface area is 173 Å². The van der Waals surface area contributed by atoms with E-state index in [1.165, 1.54) is 6.20 Å². The van der Waals surface area contributed by atoms with Crippen molar-refractivity contribution in [2.24, 2.45) is 5.92 Å². The number of carbonyl (C=O) groups is 1. The molecular formula is C19H16F3N5O2S. The minimum absolute atomic E-state index is 0.281. The van der Waals surface area contributed by atoms with E-state index in [9.17, 15) is 18.0 Å². The summed E-state index contributed by atoms with van der Waals surface area (Å²) in [7, 11) is 0. The van der Waals surface area contributed by atoms with Gasteiger partial charge < -0.3 is 21.1 Å². The molecule has 156 valence electrons. The number of ether oxygens (including phenoxy) is 1. The van der Waals surface area contributed by atoms with Crippen molar-refractivity contribution in [3.05, 3.63) is 53.6 Å². The average Bonchev–Trinajstić information content (AvgIpc) is 3.08. The lowest BCUT2D eigenvalue weighted by atomic mass is 10.1. The van der Waals surface area contributed by atoms with Crippen LogP contribution >= 0.6 is 11.5 Å². The predicted octanol–water partition coefficient (Wildman–Crippen LogP) is 3.06. The van der Waals surface area contributed by atoms with Crippen molar-refractivity contribution in [1.82, 2.24) is 14.7 Å². The number of pyridine rings is 1. The van der Waals surface area contributed by atoms with Gasteiger partial charge in [0.05, 0.1) is 24.1 Å². The van der Waals surface area contributed by atoms with Gasteiger partial charge in [0.25, 0.3) is 5.91 Å². The number of aromatic nitrogens is 2. The van der Waals surface area contributed by atoms with Crippen molar-refractivity contribution in [2.45, 2.75) is 0 Å². The first-order valence-corrected chi connectivity index (χ1v) is 9.71. The standard InChI is InChI=1S/C19H16F3N5O2S/c20-10-2-1-3-11(21)15(10)16-12(22)4-13(23)17(27-16)18(28)26-14-7-25-30-19(14)29-8-9-5-24-6-9/h1-4,7,9,24H,5-6,8,23H2,(H,26,28). The van der Waals surface area contributed by atoms with E-state index in [1.54, 1.807) is 0 Å². The molecule has 2 aromatic heterocycles. The predicted molar refractivity (Wildman–Crippen MR) is 106 cm³/mol. The first-order chi connectivity index (χ1) is 14.4. The van der Waals surface area contributed by atoms with E-state index in [0.717, 1.165) is 48.9 Å². The van der Waals surface area contributed by atoms with Crippen molar-refractivity contribution in [2.75, 3.05) is 30.7 Å². The van der Waals surface area contributed by atoms with E-state index in [2.05, 4.69) is 20.0 Å². The Morgan fingerprint density at radius 3 is 2.67 bits per heavy atom. The monoisotopic (exact) mass is 435 g/mol. The fourth-order valence-corrected chi connectivity index (χ4v) is 3.42. The zero-order valence-electron chi connectivity index (χ0n) is 15.4. The maximum atomic E-state index is 14.4. The average molecular weight is 435 g/mol. The van der Waals surface area contributed by atoms with Crippen LogP contribution in [0.25, 0.3) is 11.3 Å². The summed E-state index contributed by atoms with van der Waals surface area (Å²) in [5, 5.41) is 6.08. The second-order valence-electron chi connectivity index (χ2n) is 6.67. The summed E-state index contributed by atoms with van der Waals surface area (Å²) in [4.78, 5) is 16.5. The Balaban J connectivity index is 1.60. The largest absolute Gasteiger partial charge is 0.481 e. The number of nitrogens with zero attached hydrogens (tertiary/aromatic N) is 2. The molecule has 7 nitrogen and oxygen atoms in total. The first kappa shape index (κ1) is 20.1. The number of carbonyl (C=O) groups excluding carboxylic acids is 1. The summed E-state index contributed by atoms with van der Waals surface area (Å²) >= 11 is 1.06. The molecule has 0 radical (unpaired) electrons. The van der Waals surface area contributed by atoms with E-state index in [-0.39, 0.29) is 11.4 Å². The molecule has 0 unspecified atom stereocenters. The van der Waals surface area contributed by atoms with Gasteiger partial charge in [-0.2, -0.15) is 4.37 Å². The van der Waals surface area contributed by atoms with Gasteiger partial charge in [0.2, 0.25) is 5.06 Å². The van der Waals surface area contributed by atoms with Crippen LogP contribution in [-0.4, -0.2) is 35.0 Å². The number of halogens is 3. The van der Waals surface area contributed by atoms with Gasteiger partial charge in [-0.1, -0.05) is 6.07 Å². The summed E-state index contributed by atoms with van der Waals surface area (Å²) in [5.41, 5.74) is 4.03. The third-order valence-corrected chi connectivity index (χ3v) is 5.24. The highest BCUT2D eigenvalue weighted by Crippen LogP contribution is 2.32. The Morgan fingerprint density at radius 2 is 2.00 bits per heavy atom. The molecule has 1 fully saturated rings. The molecule has 0 saturated carbocycles. The van der Waals surface area contributed by atoms with Gasteiger partial charge in [-0.3, -0.25) is 4.79 Å². The Bertz CT molecular complexity index is 1080. The minimum atomic E-state index is -1.05. The van der Waals surface area contributed by atoms with Gasteiger partial charge in [0, 0.05) is 36.6 Å². The lowest BCUT2D eigenvalue weighted by molar-refractivity contribution is 0.102. The summed E-state index contributed by atoms with van der Waals surface area (Å²) < 4.78 is 52.2. The smallest absolute Gasteiger partial charge is 0.276 e. The zero-order chi connectivity index (χ0) is 21.3. The molecule has 0 atom stereocenters. The number of anilines is 2. The van der Waals surface area contributed by atoms with Crippen molar-refractivity contribution in [3.63, 3.8) is 0 Å². The van der Waals surface area contributed by atoms with Crippen molar-refractivity contribution < 1.29 is 22.7 Å². The highest BCUT2D eigenvalue weighted by molar-refractivity contribution is 7.08. The molecule has 1 aliphatic heterocycles. The van der Waals surface area contributed by atoms with Crippen LogP contribution in [0.3, 0.4) is 0 Å². The van der Waals surface area contributed by atoms with Crippen molar-refractivity contribution in [1.29, 1.82) is 0 Å². The molecule has 1 aromatic carbocycles. The SMILES string of the molecule is Nc1cc(F)c(-c2c(F)cccc2F)nc1C(=O)Nc1cnsc1OCC1CNC1. The van der Waals surface area contributed by atoms with Crippen molar-refractivity contribution in [3.8, 4) is 16.3 Å². The number of nitrogens with one attached hydrogen (secondary N) is 2. The summed E-state index contributed by atoms with van der Waals surface area (Å²) in [6.07, 6.45) is 1.40. The lowest BCUT2D eigenvalue weighted by Crippen LogP contribution is -2.45. The third kappa shape index (κ3) is 3.94. The molecule has 1 amide bonds. The number of benzene rings is 1. The van der Waals surface area contributed by atoms with E-state index in [1.807, 2.05) is 0 Å². The second-order valence-corrected chi connectivity index (χ2v) is 7.43. The van der Waals surface area contributed by atoms with Gasteiger partial charge in [-0.15, -0.1) is 0 Å². The van der Waals surface area contributed by atoms with Gasteiger partial charge >= 0.3 is 0 Å². The molecule has 0 bridgehead atoms. The van der Waals surface area contributed by atoms with Gasteiger partial charge in [0.1, 0.15) is 23.0 Å². The quantitative estimate of drug-likeness (QED) is 0.550.